The maximum absolute atomic E-state index is 12.7. The molecule has 0 saturated heterocycles. The molecule has 0 aromatic heterocycles. The lowest BCUT2D eigenvalue weighted by molar-refractivity contribution is -0.368. The molecule has 12 nitrogen and oxygen atoms in total. The molecule has 3 unspecified atom stereocenters. The van der Waals surface area contributed by atoms with Gasteiger partial charge in [-0.25, -0.2) is 4.79 Å². The third-order valence-electron chi connectivity index (χ3n) is 6.28. The number of ether oxygens (including phenoxy) is 5. The van der Waals surface area contributed by atoms with E-state index >= 15 is 0 Å². The molecule has 2 aromatic rings. The van der Waals surface area contributed by atoms with Crippen LogP contribution in [0.4, 0.5) is 11.4 Å². The number of fused-ring (bicyclic) bond motifs is 2. The molecular formula is C22H26N2O10S. The van der Waals surface area contributed by atoms with Crippen molar-refractivity contribution in [2.75, 3.05) is 32.0 Å². The molecule has 2 aromatic carbocycles. The highest BCUT2D eigenvalue weighted by Crippen LogP contribution is 2.59. The van der Waals surface area contributed by atoms with E-state index in [1.165, 1.54) is 58.4 Å². The lowest BCUT2D eigenvalue weighted by atomic mass is 9.78. The zero-order valence-corrected chi connectivity index (χ0v) is 20.5. The average molecular weight is 511 g/mol. The van der Waals surface area contributed by atoms with Gasteiger partial charge in [-0.2, -0.15) is 8.42 Å². The van der Waals surface area contributed by atoms with Gasteiger partial charge in [-0.1, -0.05) is 6.07 Å². The zero-order valence-electron chi connectivity index (χ0n) is 19.6. The van der Waals surface area contributed by atoms with Crippen molar-refractivity contribution in [3.63, 3.8) is 0 Å². The van der Waals surface area contributed by atoms with Gasteiger partial charge in [-0.05, 0) is 44.2 Å². The number of methoxy groups -OCH3 is 3. The molecule has 0 bridgehead atoms. The van der Waals surface area contributed by atoms with E-state index in [0.29, 0.717) is 0 Å². The van der Waals surface area contributed by atoms with Crippen LogP contribution in [0.2, 0.25) is 0 Å². The van der Waals surface area contributed by atoms with Gasteiger partial charge in [0.15, 0.2) is 5.60 Å². The highest BCUT2D eigenvalue weighted by atomic mass is 32.2. The van der Waals surface area contributed by atoms with E-state index in [2.05, 4.69) is 0 Å². The number of aliphatic hydroxyl groups is 1. The molecule has 4 N–H and O–H groups in total. The van der Waals surface area contributed by atoms with Crippen LogP contribution in [0.1, 0.15) is 29.8 Å². The number of para-hydroxylation sites is 1. The SMILES string of the molecule is COC(=O)c1cccc2c1N(C1(OC)c3cc(N)ccc3OC(C)(C)C1(O)OC)C(S(=O)(=O)O)O2. The number of hydrogen-bond acceptors (Lipinski definition) is 11. The van der Waals surface area contributed by atoms with E-state index in [9.17, 15) is 22.9 Å². The number of esters is 1. The monoisotopic (exact) mass is 510 g/mol. The fourth-order valence-corrected chi connectivity index (χ4v) is 5.51. The van der Waals surface area contributed by atoms with Crippen molar-refractivity contribution in [2.45, 2.75) is 36.5 Å². The second-order valence-electron chi connectivity index (χ2n) is 8.52. The second kappa shape index (κ2) is 7.96. The summed E-state index contributed by atoms with van der Waals surface area (Å²) in [5.74, 6) is -3.24. The summed E-state index contributed by atoms with van der Waals surface area (Å²) in [5.41, 5.74) is -0.00994. The van der Waals surface area contributed by atoms with E-state index in [1.54, 1.807) is 6.07 Å². The second-order valence-corrected chi connectivity index (χ2v) is 9.95. The normalized spacial score (nSPS) is 26.8. The van der Waals surface area contributed by atoms with Gasteiger partial charge in [0, 0.05) is 19.9 Å². The standard InChI is InChI=1S/C22H26N2O10S/c1-20(2)22(26,32-5)21(31-4,14-11-12(23)9-10-15(14)34-20)24-17-13(18(25)30-3)7-6-8-16(17)33-19(24)35(27,28)29/h6-11,19,26H,23H2,1-5H3,(H,27,28,29). The smallest absolute Gasteiger partial charge is 0.340 e. The molecule has 0 saturated carbocycles. The van der Waals surface area contributed by atoms with Crippen LogP contribution in [0.5, 0.6) is 11.5 Å². The van der Waals surface area contributed by atoms with Gasteiger partial charge >= 0.3 is 21.6 Å². The first-order valence-electron chi connectivity index (χ1n) is 10.3. The first kappa shape index (κ1) is 25.0. The van der Waals surface area contributed by atoms with E-state index in [4.69, 9.17) is 29.4 Å². The van der Waals surface area contributed by atoms with Gasteiger partial charge in [-0.3, -0.25) is 9.45 Å². The third-order valence-corrected chi connectivity index (χ3v) is 7.09. The number of nitrogen functional groups attached to an aromatic ring is 1. The van der Waals surface area contributed by atoms with Gasteiger partial charge in [0.05, 0.1) is 18.2 Å². The molecule has 2 heterocycles. The Kier molecular flexibility index (Phi) is 5.69. The van der Waals surface area contributed by atoms with Crippen LogP contribution in [-0.2, 0) is 30.1 Å². The summed E-state index contributed by atoms with van der Waals surface area (Å²) in [6.07, 6.45) is 0. The molecule has 0 fully saturated rings. The summed E-state index contributed by atoms with van der Waals surface area (Å²) in [7, 11) is -1.53. The van der Waals surface area contributed by atoms with Crippen molar-refractivity contribution < 1.29 is 46.6 Å². The Morgan fingerprint density at radius 2 is 1.80 bits per heavy atom. The fourth-order valence-electron chi connectivity index (χ4n) is 4.77. The Bertz CT molecular complexity index is 1300. The van der Waals surface area contributed by atoms with Crippen LogP contribution >= 0.6 is 0 Å². The minimum atomic E-state index is -5.04. The highest BCUT2D eigenvalue weighted by molar-refractivity contribution is 7.86. The molecule has 0 amide bonds. The first-order valence-corrected chi connectivity index (χ1v) is 11.8. The Balaban J connectivity index is 2.20. The maximum Gasteiger partial charge on any atom is 0.340 e. The molecular weight excluding hydrogens is 484 g/mol. The number of nitrogens with zero attached hydrogens (tertiary/aromatic N) is 1. The first-order chi connectivity index (χ1) is 16.3. The zero-order chi connectivity index (χ0) is 26.0. The van der Waals surface area contributed by atoms with E-state index in [-0.39, 0.29) is 34.0 Å². The summed E-state index contributed by atoms with van der Waals surface area (Å²) in [4.78, 5) is 13.6. The number of benzene rings is 2. The summed E-state index contributed by atoms with van der Waals surface area (Å²) in [6, 6.07) is 8.66. The predicted octanol–water partition coefficient (Wildman–Crippen LogP) is 1.43. The van der Waals surface area contributed by atoms with Gasteiger partial charge in [0.2, 0.25) is 5.72 Å². The molecule has 13 heteroatoms. The number of anilines is 2. The largest absolute Gasteiger partial charge is 0.482 e. The molecule has 190 valence electrons. The van der Waals surface area contributed by atoms with Gasteiger partial charge in [0.25, 0.3) is 5.79 Å². The molecule has 2 aliphatic heterocycles. The number of carbonyl (C=O) groups is 1. The summed E-state index contributed by atoms with van der Waals surface area (Å²) in [5, 5.41) is 12.1. The molecule has 0 aliphatic carbocycles. The topological polar surface area (TPSA) is 167 Å². The average Bonchev–Trinajstić information content (AvgIpc) is 3.21. The maximum atomic E-state index is 12.7. The van der Waals surface area contributed by atoms with E-state index < -0.39 is 38.8 Å². The number of rotatable bonds is 5. The third kappa shape index (κ3) is 3.27. The molecule has 2 aliphatic rings. The van der Waals surface area contributed by atoms with Gasteiger partial charge < -0.3 is 34.5 Å². The van der Waals surface area contributed by atoms with Crippen molar-refractivity contribution in [2.24, 2.45) is 0 Å². The Morgan fingerprint density at radius 1 is 1.11 bits per heavy atom. The lowest BCUT2D eigenvalue weighted by Crippen LogP contribution is -2.77. The summed E-state index contributed by atoms with van der Waals surface area (Å²) >= 11 is 0. The van der Waals surface area contributed by atoms with Crippen LogP contribution in [0.15, 0.2) is 36.4 Å². The van der Waals surface area contributed by atoms with Crippen LogP contribution in [0.3, 0.4) is 0 Å². The van der Waals surface area contributed by atoms with Gasteiger partial charge in [-0.15, -0.1) is 0 Å². The van der Waals surface area contributed by atoms with Crippen LogP contribution in [0, 0.1) is 0 Å². The van der Waals surface area contributed by atoms with Gasteiger partial charge in [0.1, 0.15) is 17.2 Å². The Labute approximate surface area is 201 Å². The highest BCUT2D eigenvalue weighted by Gasteiger charge is 2.73. The molecule has 0 spiro atoms. The fraction of sp³-hybridized carbons (Fsp3) is 0.409. The molecule has 0 radical (unpaired) electrons. The van der Waals surface area contributed by atoms with Crippen molar-refractivity contribution in [3.05, 3.63) is 47.5 Å². The van der Waals surface area contributed by atoms with Crippen molar-refractivity contribution >= 4 is 27.5 Å². The Morgan fingerprint density at radius 3 is 2.37 bits per heavy atom. The van der Waals surface area contributed by atoms with E-state index in [0.717, 1.165) is 12.0 Å². The minimum Gasteiger partial charge on any atom is -0.482 e. The Hall–Kier alpha value is -3.10. The van der Waals surface area contributed by atoms with Crippen LogP contribution < -0.4 is 20.1 Å². The van der Waals surface area contributed by atoms with Crippen molar-refractivity contribution in [1.29, 1.82) is 0 Å². The molecule has 35 heavy (non-hydrogen) atoms. The lowest BCUT2D eigenvalue weighted by Gasteiger charge is -2.58. The van der Waals surface area contributed by atoms with Crippen molar-refractivity contribution in [3.8, 4) is 11.5 Å². The van der Waals surface area contributed by atoms with Crippen LogP contribution in [0.25, 0.3) is 0 Å². The summed E-state index contributed by atoms with van der Waals surface area (Å²) < 4.78 is 63.6. The quantitative estimate of drug-likeness (QED) is 0.229. The molecule has 3 atom stereocenters. The van der Waals surface area contributed by atoms with Crippen LogP contribution in [-0.4, -0.2) is 62.3 Å². The minimum absolute atomic E-state index is 0.0495. The number of carbonyl (C=O) groups excluding carboxylic acids is 1. The summed E-state index contributed by atoms with van der Waals surface area (Å²) in [6.45, 7) is 2.99. The predicted molar refractivity (Wildman–Crippen MR) is 122 cm³/mol. The van der Waals surface area contributed by atoms with E-state index in [1.807, 2.05) is 0 Å². The number of hydrogen-bond donors (Lipinski definition) is 3. The molecule has 4 rings (SSSR count). The van der Waals surface area contributed by atoms with Crippen molar-refractivity contribution in [1.82, 2.24) is 0 Å². The number of nitrogens with two attached hydrogens (primary N) is 1.